The molecule has 0 spiro atoms. The van der Waals surface area contributed by atoms with Crippen LogP contribution in [0, 0.1) is 0 Å². The second kappa shape index (κ2) is 7.07. The molecule has 0 unspecified atom stereocenters. The van der Waals surface area contributed by atoms with E-state index < -0.39 is 0 Å². The summed E-state index contributed by atoms with van der Waals surface area (Å²) < 4.78 is 10.6. The van der Waals surface area contributed by atoms with Gasteiger partial charge in [-0.05, 0) is 42.5 Å². The fraction of sp³-hybridized carbons (Fsp3) is 0.111. The maximum atomic E-state index is 6.18. The molecule has 0 bridgehead atoms. The number of ether oxygens (including phenoxy) is 2. The lowest BCUT2D eigenvalue weighted by Gasteiger charge is -2.10. The molecule has 0 saturated heterocycles. The summed E-state index contributed by atoms with van der Waals surface area (Å²) >= 11 is 12.1. The fourth-order valence-electron chi connectivity index (χ4n) is 2.29. The summed E-state index contributed by atoms with van der Waals surface area (Å²) in [6.07, 6.45) is 0. The van der Waals surface area contributed by atoms with Crippen LogP contribution in [0.4, 0.5) is 0 Å². The van der Waals surface area contributed by atoms with Crippen molar-refractivity contribution in [1.29, 1.82) is 0 Å². The van der Waals surface area contributed by atoms with Crippen LogP contribution in [0.3, 0.4) is 0 Å². The number of halogens is 2. The summed E-state index contributed by atoms with van der Waals surface area (Å²) in [5, 5.41) is 1.01. The molecule has 3 aromatic rings. The molecule has 2 aromatic carbocycles. The maximum Gasteiger partial charge on any atom is 0.161 e. The quantitative estimate of drug-likeness (QED) is 0.604. The van der Waals surface area contributed by atoms with Crippen LogP contribution >= 0.6 is 23.2 Å². The van der Waals surface area contributed by atoms with Crippen LogP contribution in [-0.2, 0) is 0 Å². The van der Waals surface area contributed by atoms with E-state index in [0.29, 0.717) is 33.2 Å². The first-order valence-electron chi connectivity index (χ1n) is 7.13. The van der Waals surface area contributed by atoms with Gasteiger partial charge in [-0.25, -0.2) is 9.97 Å². The predicted octanol–water partition coefficient (Wildman–Crippen LogP) is 5.13. The highest BCUT2D eigenvalue weighted by molar-refractivity contribution is 6.30. The van der Waals surface area contributed by atoms with Crippen LogP contribution in [-0.4, -0.2) is 24.2 Å². The van der Waals surface area contributed by atoms with E-state index in [9.17, 15) is 0 Å². The molecular formula is C18H14Cl2N2O2. The molecule has 0 N–H and O–H groups in total. The van der Waals surface area contributed by atoms with Crippen molar-refractivity contribution in [3.63, 3.8) is 0 Å². The van der Waals surface area contributed by atoms with Crippen molar-refractivity contribution in [2.75, 3.05) is 14.2 Å². The van der Waals surface area contributed by atoms with Crippen molar-refractivity contribution in [2.24, 2.45) is 0 Å². The highest BCUT2D eigenvalue weighted by atomic mass is 35.5. The van der Waals surface area contributed by atoms with Crippen LogP contribution in [0.15, 0.2) is 48.5 Å². The van der Waals surface area contributed by atoms with Crippen LogP contribution in [0.2, 0.25) is 10.2 Å². The molecule has 6 heteroatoms. The average Bonchev–Trinajstić information content (AvgIpc) is 2.61. The Kier molecular flexibility index (Phi) is 4.88. The Hall–Kier alpha value is -2.30. The molecule has 0 aliphatic carbocycles. The van der Waals surface area contributed by atoms with Crippen LogP contribution in [0.5, 0.6) is 11.5 Å². The Morgan fingerprint density at radius 2 is 1.42 bits per heavy atom. The van der Waals surface area contributed by atoms with Gasteiger partial charge in [0.25, 0.3) is 0 Å². The molecule has 122 valence electrons. The molecule has 0 aliphatic rings. The molecule has 4 nitrogen and oxygen atoms in total. The largest absolute Gasteiger partial charge is 0.493 e. The SMILES string of the molecule is COc1ccc(-c2cc(Cl)nc(-c3ccc(Cl)cc3)n2)cc1OC. The van der Waals surface area contributed by atoms with Gasteiger partial charge in [0.15, 0.2) is 17.3 Å². The van der Waals surface area contributed by atoms with Crippen molar-refractivity contribution >= 4 is 23.2 Å². The normalized spacial score (nSPS) is 10.5. The lowest BCUT2D eigenvalue weighted by molar-refractivity contribution is 0.355. The molecule has 1 heterocycles. The smallest absolute Gasteiger partial charge is 0.161 e. The van der Waals surface area contributed by atoms with Crippen molar-refractivity contribution in [2.45, 2.75) is 0 Å². The van der Waals surface area contributed by atoms with Crippen molar-refractivity contribution in [3.8, 4) is 34.1 Å². The zero-order chi connectivity index (χ0) is 17.1. The van der Waals surface area contributed by atoms with Gasteiger partial charge in [0.2, 0.25) is 0 Å². The molecule has 0 radical (unpaired) electrons. The molecule has 0 fully saturated rings. The maximum absolute atomic E-state index is 6.18. The van der Waals surface area contributed by atoms with Gasteiger partial charge in [0.05, 0.1) is 19.9 Å². The van der Waals surface area contributed by atoms with Crippen molar-refractivity contribution in [1.82, 2.24) is 9.97 Å². The summed E-state index contributed by atoms with van der Waals surface area (Å²) in [6.45, 7) is 0. The van der Waals surface area contributed by atoms with Gasteiger partial charge in [-0.3, -0.25) is 0 Å². The minimum Gasteiger partial charge on any atom is -0.493 e. The van der Waals surface area contributed by atoms with Gasteiger partial charge >= 0.3 is 0 Å². The highest BCUT2D eigenvalue weighted by Crippen LogP contribution is 2.33. The second-order valence-electron chi connectivity index (χ2n) is 4.98. The minimum atomic E-state index is 0.361. The molecule has 0 aliphatic heterocycles. The Morgan fingerprint density at radius 1 is 0.750 bits per heavy atom. The molecule has 1 aromatic heterocycles. The number of rotatable bonds is 4. The van der Waals surface area contributed by atoms with E-state index in [0.717, 1.165) is 11.1 Å². The van der Waals surface area contributed by atoms with E-state index in [-0.39, 0.29) is 0 Å². The third kappa shape index (κ3) is 3.45. The third-order valence-corrected chi connectivity index (χ3v) is 3.92. The number of benzene rings is 2. The summed E-state index contributed by atoms with van der Waals surface area (Å²) in [6, 6.07) is 14.6. The first-order chi connectivity index (χ1) is 11.6. The van der Waals surface area contributed by atoms with E-state index in [1.54, 1.807) is 32.4 Å². The number of methoxy groups -OCH3 is 2. The van der Waals surface area contributed by atoms with Crippen molar-refractivity contribution < 1.29 is 9.47 Å². The number of aromatic nitrogens is 2. The Bertz CT molecular complexity index is 867. The zero-order valence-electron chi connectivity index (χ0n) is 13.1. The lowest BCUT2D eigenvalue weighted by atomic mass is 10.1. The van der Waals surface area contributed by atoms with Gasteiger partial charge in [0.1, 0.15) is 5.15 Å². The highest BCUT2D eigenvalue weighted by Gasteiger charge is 2.11. The van der Waals surface area contributed by atoms with Crippen LogP contribution in [0.1, 0.15) is 0 Å². The van der Waals surface area contributed by atoms with Gasteiger partial charge in [0, 0.05) is 22.2 Å². The summed E-state index contributed by atoms with van der Waals surface area (Å²) in [7, 11) is 3.19. The fourth-order valence-corrected chi connectivity index (χ4v) is 2.60. The van der Waals surface area contributed by atoms with E-state index in [1.165, 1.54) is 0 Å². The number of nitrogens with zero attached hydrogens (tertiary/aromatic N) is 2. The van der Waals surface area contributed by atoms with E-state index in [1.807, 2.05) is 30.3 Å². The topological polar surface area (TPSA) is 44.2 Å². The van der Waals surface area contributed by atoms with E-state index >= 15 is 0 Å². The average molecular weight is 361 g/mol. The summed E-state index contributed by atoms with van der Waals surface area (Å²) in [5.41, 5.74) is 2.39. The minimum absolute atomic E-state index is 0.361. The Morgan fingerprint density at radius 3 is 2.08 bits per heavy atom. The summed E-state index contributed by atoms with van der Waals surface area (Å²) in [5.74, 6) is 1.81. The van der Waals surface area contributed by atoms with Gasteiger partial charge in [-0.1, -0.05) is 23.2 Å². The molecule has 0 saturated carbocycles. The lowest BCUT2D eigenvalue weighted by Crippen LogP contribution is -1.95. The molecule has 0 amide bonds. The van der Waals surface area contributed by atoms with Gasteiger partial charge in [-0.2, -0.15) is 0 Å². The Balaban J connectivity index is 2.07. The van der Waals surface area contributed by atoms with E-state index in [2.05, 4.69) is 9.97 Å². The molecule has 24 heavy (non-hydrogen) atoms. The first kappa shape index (κ1) is 16.6. The van der Waals surface area contributed by atoms with Gasteiger partial charge in [-0.15, -0.1) is 0 Å². The zero-order valence-corrected chi connectivity index (χ0v) is 14.6. The number of hydrogen-bond donors (Lipinski definition) is 0. The molecule has 3 rings (SSSR count). The van der Waals surface area contributed by atoms with Gasteiger partial charge < -0.3 is 9.47 Å². The number of hydrogen-bond acceptors (Lipinski definition) is 4. The van der Waals surface area contributed by atoms with Crippen LogP contribution < -0.4 is 9.47 Å². The van der Waals surface area contributed by atoms with E-state index in [4.69, 9.17) is 32.7 Å². The monoisotopic (exact) mass is 360 g/mol. The summed E-state index contributed by atoms with van der Waals surface area (Å²) in [4.78, 5) is 8.89. The first-order valence-corrected chi connectivity index (χ1v) is 7.89. The Labute approximate surface area is 150 Å². The van der Waals surface area contributed by atoms with Crippen LogP contribution in [0.25, 0.3) is 22.6 Å². The van der Waals surface area contributed by atoms with Crippen molar-refractivity contribution in [3.05, 3.63) is 58.7 Å². The standard InChI is InChI=1S/C18H14Cl2N2O2/c1-23-15-8-5-12(9-16(15)24-2)14-10-17(20)22-18(21-14)11-3-6-13(19)7-4-11/h3-10H,1-2H3. The molecule has 0 atom stereocenters. The molecular weight excluding hydrogens is 347 g/mol. The third-order valence-electron chi connectivity index (χ3n) is 3.48. The predicted molar refractivity (Wildman–Crippen MR) is 96.0 cm³/mol. The second-order valence-corrected chi connectivity index (χ2v) is 5.80.